The summed E-state index contributed by atoms with van der Waals surface area (Å²) < 4.78 is 0. The van der Waals surface area contributed by atoms with Crippen molar-refractivity contribution in [3.05, 3.63) is 59.2 Å². The van der Waals surface area contributed by atoms with Gasteiger partial charge in [0.25, 0.3) is 0 Å². The molecule has 0 saturated heterocycles. The molecule has 3 rings (SSSR count). The van der Waals surface area contributed by atoms with Crippen LogP contribution in [0.25, 0.3) is 0 Å². The van der Waals surface area contributed by atoms with Gasteiger partial charge in [0.1, 0.15) is 0 Å². The molecule has 0 aliphatic carbocycles. The molecule has 0 spiro atoms. The third-order valence-corrected chi connectivity index (χ3v) is 4.10. The van der Waals surface area contributed by atoms with E-state index in [-0.39, 0.29) is 5.91 Å². The fourth-order valence-electron chi connectivity index (χ4n) is 2.80. The average Bonchev–Trinajstić information content (AvgIpc) is 2.60. The van der Waals surface area contributed by atoms with E-state index in [0.29, 0.717) is 0 Å². The monoisotopic (exact) mass is 265 g/mol. The highest BCUT2D eigenvalue weighted by Gasteiger charge is 2.44. The number of rotatable bonds is 1. The first kappa shape index (κ1) is 12.9. The van der Waals surface area contributed by atoms with Gasteiger partial charge in [-0.25, -0.2) is 0 Å². The molecule has 2 aromatic carbocycles. The van der Waals surface area contributed by atoms with Gasteiger partial charge in [-0.1, -0.05) is 35.4 Å². The summed E-state index contributed by atoms with van der Waals surface area (Å²) in [6, 6.07) is 14.4. The zero-order chi connectivity index (χ0) is 14.5. The van der Waals surface area contributed by atoms with E-state index >= 15 is 0 Å². The molecule has 1 aliphatic rings. The fourth-order valence-corrected chi connectivity index (χ4v) is 2.80. The molecule has 0 atom stereocenters. The first-order valence-corrected chi connectivity index (χ1v) is 6.93. The fraction of sp³-hybridized carbons (Fsp3) is 0.278. The molecule has 20 heavy (non-hydrogen) atoms. The number of aryl methyl sites for hydroxylation is 2. The average molecular weight is 265 g/mol. The van der Waals surface area contributed by atoms with Crippen molar-refractivity contribution in [3.63, 3.8) is 0 Å². The van der Waals surface area contributed by atoms with Crippen LogP contribution in [0.5, 0.6) is 0 Å². The van der Waals surface area contributed by atoms with Gasteiger partial charge in [0, 0.05) is 5.69 Å². The smallest absolute Gasteiger partial charge is 0.241 e. The third-order valence-electron chi connectivity index (χ3n) is 4.10. The number of carbonyl (C=O) groups excluding carboxylic acids is 1. The molecule has 2 heteroatoms. The van der Waals surface area contributed by atoms with Crippen molar-refractivity contribution in [2.45, 2.75) is 33.1 Å². The Morgan fingerprint density at radius 2 is 1.50 bits per heavy atom. The van der Waals surface area contributed by atoms with Crippen molar-refractivity contribution in [1.29, 1.82) is 0 Å². The van der Waals surface area contributed by atoms with Crippen LogP contribution >= 0.6 is 0 Å². The second-order valence-corrected chi connectivity index (χ2v) is 6.12. The van der Waals surface area contributed by atoms with E-state index in [1.54, 1.807) is 0 Å². The van der Waals surface area contributed by atoms with Gasteiger partial charge in [-0.15, -0.1) is 0 Å². The first-order chi connectivity index (χ1) is 9.41. The zero-order valence-electron chi connectivity index (χ0n) is 12.4. The van der Waals surface area contributed by atoms with Gasteiger partial charge < -0.3 is 0 Å². The largest absolute Gasteiger partial charge is 0.280 e. The van der Waals surface area contributed by atoms with Crippen molar-refractivity contribution in [3.8, 4) is 0 Å². The molecule has 0 aromatic heterocycles. The Kier molecular flexibility index (Phi) is 2.72. The summed E-state index contributed by atoms with van der Waals surface area (Å²) in [6.07, 6.45) is 0. The van der Waals surface area contributed by atoms with Crippen molar-refractivity contribution >= 4 is 17.3 Å². The van der Waals surface area contributed by atoms with Crippen molar-refractivity contribution < 1.29 is 4.79 Å². The van der Waals surface area contributed by atoms with Crippen molar-refractivity contribution in [2.75, 3.05) is 4.90 Å². The summed E-state index contributed by atoms with van der Waals surface area (Å²) in [5, 5.41) is 0. The van der Waals surface area contributed by atoms with Gasteiger partial charge in [-0.3, -0.25) is 9.69 Å². The number of hydrogen-bond acceptors (Lipinski definition) is 1. The minimum Gasteiger partial charge on any atom is -0.280 e. The second-order valence-electron chi connectivity index (χ2n) is 6.12. The minimum atomic E-state index is -0.466. The second kappa shape index (κ2) is 4.20. The van der Waals surface area contributed by atoms with Crippen LogP contribution in [-0.4, -0.2) is 5.91 Å². The van der Waals surface area contributed by atoms with Crippen LogP contribution in [-0.2, 0) is 10.2 Å². The van der Waals surface area contributed by atoms with E-state index in [4.69, 9.17) is 0 Å². The summed E-state index contributed by atoms with van der Waals surface area (Å²) in [5.41, 5.74) is 4.99. The maximum absolute atomic E-state index is 12.8. The first-order valence-electron chi connectivity index (χ1n) is 6.93. The molecule has 0 N–H and O–H groups in total. The Morgan fingerprint density at radius 1 is 0.900 bits per heavy atom. The number of fused-ring (bicyclic) bond motifs is 1. The van der Waals surface area contributed by atoms with Crippen LogP contribution in [0.4, 0.5) is 11.4 Å². The van der Waals surface area contributed by atoms with Crippen LogP contribution in [0.15, 0.2) is 42.5 Å². The summed E-state index contributed by atoms with van der Waals surface area (Å²) in [4.78, 5) is 14.6. The molecule has 102 valence electrons. The van der Waals surface area contributed by atoms with E-state index in [1.165, 1.54) is 11.1 Å². The van der Waals surface area contributed by atoms with E-state index in [0.717, 1.165) is 16.9 Å². The predicted octanol–water partition coefficient (Wildman–Crippen LogP) is 4.26. The van der Waals surface area contributed by atoms with Gasteiger partial charge in [0.15, 0.2) is 0 Å². The third kappa shape index (κ3) is 1.75. The predicted molar refractivity (Wildman–Crippen MR) is 82.5 cm³/mol. The molecule has 1 heterocycles. The lowest BCUT2D eigenvalue weighted by Gasteiger charge is -2.20. The van der Waals surface area contributed by atoms with Crippen molar-refractivity contribution in [1.82, 2.24) is 0 Å². The summed E-state index contributed by atoms with van der Waals surface area (Å²) in [6.45, 7) is 8.12. The molecular formula is C18H19NO. The molecule has 0 radical (unpaired) electrons. The molecule has 0 fully saturated rings. The Labute approximate surface area is 120 Å². The van der Waals surface area contributed by atoms with E-state index in [9.17, 15) is 4.79 Å². The van der Waals surface area contributed by atoms with Crippen molar-refractivity contribution in [2.24, 2.45) is 0 Å². The highest BCUT2D eigenvalue weighted by atomic mass is 16.2. The summed E-state index contributed by atoms with van der Waals surface area (Å²) in [7, 11) is 0. The summed E-state index contributed by atoms with van der Waals surface area (Å²) in [5.74, 6) is 0.141. The summed E-state index contributed by atoms with van der Waals surface area (Å²) >= 11 is 0. The normalized spacial score (nSPS) is 16.4. The highest BCUT2D eigenvalue weighted by molar-refractivity contribution is 6.12. The van der Waals surface area contributed by atoms with Crippen LogP contribution in [0.1, 0.15) is 30.5 Å². The Bertz CT molecular complexity index is 683. The molecular weight excluding hydrogens is 246 g/mol. The van der Waals surface area contributed by atoms with E-state index in [2.05, 4.69) is 32.0 Å². The standard InChI is InChI=1S/C18H19NO/c1-12-5-8-14(9-6-12)19-16-10-7-13(2)11-15(16)18(3,4)17(19)20/h5-11H,1-4H3. The van der Waals surface area contributed by atoms with Crippen LogP contribution in [0.3, 0.4) is 0 Å². The van der Waals surface area contributed by atoms with Crippen LogP contribution in [0, 0.1) is 13.8 Å². The minimum absolute atomic E-state index is 0.141. The maximum Gasteiger partial charge on any atom is 0.241 e. The zero-order valence-corrected chi connectivity index (χ0v) is 12.4. The van der Waals surface area contributed by atoms with Gasteiger partial charge in [0.2, 0.25) is 5.91 Å². The number of anilines is 2. The number of hydrogen-bond donors (Lipinski definition) is 0. The quantitative estimate of drug-likeness (QED) is 0.754. The molecule has 1 aliphatic heterocycles. The SMILES string of the molecule is Cc1ccc(N2C(=O)C(C)(C)c3cc(C)ccc32)cc1. The Hall–Kier alpha value is -2.09. The molecule has 2 aromatic rings. The Morgan fingerprint density at radius 3 is 2.15 bits per heavy atom. The van der Waals surface area contributed by atoms with Gasteiger partial charge in [-0.05, 0) is 51.5 Å². The molecule has 0 bridgehead atoms. The maximum atomic E-state index is 12.8. The lowest BCUT2D eigenvalue weighted by atomic mass is 9.85. The lowest BCUT2D eigenvalue weighted by Crippen LogP contribution is -2.33. The highest BCUT2D eigenvalue weighted by Crippen LogP contribution is 2.45. The molecule has 0 unspecified atom stereocenters. The lowest BCUT2D eigenvalue weighted by molar-refractivity contribution is -0.121. The van der Waals surface area contributed by atoms with Crippen LogP contribution < -0.4 is 4.90 Å². The van der Waals surface area contributed by atoms with E-state index < -0.39 is 5.41 Å². The topological polar surface area (TPSA) is 20.3 Å². The number of benzene rings is 2. The Balaban J connectivity index is 2.19. The van der Waals surface area contributed by atoms with Crippen LogP contribution in [0.2, 0.25) is 0 Å². The molecule has 0 saturated carbocycles. The van der Waals surface area contributed by atoms with Gasteiger partial charge in [0.05, 0.1) is 11.1 Å². The number of amides is 1. The van der Waals surface area contributed by atoms with E-state index in [1.807, 2.05) is 43.0 Å². The van der Waals surface area contributed by atoms with Gasteiger partial charge >= 0.3 is 0 Å². The molecule has 2 nitrogen and oxygen atoms in total. The van der Waals surface area contributed by atoms with Gasteiger partial charge in [-0.2, -0.15) is 0 Å². The number of carbonyl (C=O) groups is 1. The molecule has 1 amide bonds. The number of nitrogens with zero attached hydrogens (tertiary/aromatic N) is 1.